The highest BCUT2D eigenvalue weighted by atomic mass is 32.2. The minimum absolute atomic E-state index is 0.881. The summed E-state index contributed by atoms with van der Waals surface area (Å²) in [6.07, 6.45) is 5.69. The van der Waals surface area contributed by atoms with Gasteiger partial charge in [0.1, 0.15) is 0 Å². The van der Waals surface area contributed by atoms with Gasteiger partial charge in [0.2, 0.25) is 0 Å². The SMILES string of the molecule is CCSCCN1CCCC(CNC2CC2)C1. The summed E-state index contributed by atoms with van der Waals surface area (Å²) in [5, 5.41) is 3.68. The van der Waals surface area contributed by atoms with Crippen molar-refractivity contribution in [3.63, 3.8) is 0 Å². The van der Waals surface area contributed by atoms with Gasteiger partial charge in [0.25, 0.3) is 0 Å². The molecule has 0 bridgehead atoms. The topological polar surface area (TPSA) is 15.3 Å². The Morgan fingerprint density at radius 3 is 2.94 bits per heavy atom. The van der Waals surface area contributed by atoms with Gasteiger partial charge in [-0.2, -0.15) is 11.8 Å². The minimum atomic E-state index is 0.881. The standard InChI is InChI=1S/C13H26N2S/c1-2-16-9-8-15-7-3-4-12(11-15)10-14-13-5-6-13/h12-14H,2-11H2,1H3. The van der Waals surface area contributed by atoms with E-state index in [0.29, 0.717) is 0 Å². The molecule has 3 heteroatoms. The van der Waals surface area contributed by atoms with Crippen molar-refractivity contribution in [1.82, 2.24) is 10.2 Å². The van der Waals surface area contributed by atoms with Crippen LogP contribution in [0.1, 0.15) is 32.6 Å². The number of hydrogen-bond acceptors (Lipinski definition) is 3. The van der Waals surface area contributed by atoms with E-state index in [2.05, 4.69) is 28.9 Å². The minimum Gasteiger partial charge on any atom is -0.314 e. The summed E-state index contributed by atoms with van der Waals surface area (Å²) in [6, 6.07) is 0.881. The zero-order valence-electron chi connectivity index (χ0n) is 10.6. The Hall–Kier alpha value is 0.270. The summed E-state index contributed by atoms with van der Waals surface area (Å²) >= 11 is 2.07. The first-order chi connectivity index (χ1) is 7.88. The molecule has 1 saturated heterocycles. The number of thioether (sulfide) groups is 1. The van der Waals surface area contributed by atoms with Gasteiger partial charge in [-0.3, -0.25) is 0 Å². The van der Waals surface area contributed by atoms with Gasteiger partial charge in [0.05, 0.1) is 0 Å². The van der Waals surface area contributed by atoms with Crippen LogP contribution >= 0.6 is 11.8 Å². The molecule has 16 heavy (non-hydrogen) atoms. The number of piperidine rings is 1. The smallest absolute Gasteiger partial charge is 0.00725 e. The molecule has 0 aromatic rings. The Morgan fingerprint density at radius 2 is 2.19 bits per heavy atom. The van der Waals surface area contributed by atoms with Crippen LogP contribution in [0.2, 0.25) is 0 Å². The van der Waals surface area contributed by atoms with E-state index in [1.807, 2.05) is 0 Å². The van der Waals surface area contributed by atoms with Crippen LogP contribution in [0.3, 0.4) is 0 Å². The predicted octanol–water partition coefficient (Wildman–Crippen LogP) is 2.20. The molecule has 2 aliphatic rings. The van der Waals surface area contributed by atoms with Crippen molar-refractivity contribution < 1.29 is 0 Å². The molecule has 0 aromatic carbocycles. The third-order valence-corrected chi connectivity index (χ3v) is 4.51. The zero-order chi connectivity index (χ0) is 11.2. The molecule has 1 N–H and O–H groups in total. The first-order valence-corrected chi connectivity index (χ1v) is 8.07. The average molecular weight is 242 g/mol. The number of hydrogen-bond donors (Lipinski definition) is 1. The van der Waals surface area contributed by atoms with E-state index in [0.717, 1.165) is 12.0 Å². The monoisotopic (exact) mass is 242 g/mol. The van der Waals surface area contributed by atoms with Gasteiger partial charge in [-0.1, -0.05) is 6.92 Å². The van der Waals surface area contributed by atoms with Gasteiger partial charge in [-0.05, 0) is 50.4 Å². The molecule has 2 nitrogen and oxygen atoms in total. The van der Waals surface area contributed by atoms with Crippen molar-refractivity contribution in [3.8, 4) is 0 Å². The van der Waals surface area contributed by atoms with E-state index in [1.165, 1.54) is 63.4 Å². The molecule has 2 rings (SSSR count). The maximum Gasteiger partial charge on any atom is 0.00725 e. The largest absolute Gasteiger partial charge is 0.314 e. The van der Waals surface area contributed by atoms with Gasteiger partial charge in [0, 0.05) is 24.9 Å². The molecule has 0 spiro atoms. The molecule has 1 aliphatic carbocycles. The van der Waals surface area contributed by atoms with E-state index < -0.39 is 0 Å². The summed E-state index contributed by atoms with van der Waals surface area (Å²) < 4.78 is 0. The van der Waals surface area contributed by atoms with Crippen molar-refractivity contribution in [1.29, 1.82) is 0 Å². The zero-order valence-corrected chi connectivity index (χ0v) is 11.4. The predicted molar refractivity (Wildman–Crippen MR) is 73.2 cm³/mol. The third kappa shape index (κ3) is 4.64. The van der Waals surface area contributed by atoms with E-state index in [1.54, 1.807) is 0 Å². The quantitative estimate of drug-likeness (QED) is 0.689. The van der Waals surface area contributed by atoms with Crippen molar-refractivity contribution in [3.05, 3.63) is 0 Å². The van der Waals surface area contributed by atoms with Gasteiger partial charge in [-0.15, -0.1) is 0 Å². The lowest BCUT2D eigenvalue weighted by atomic mass is 9.98. The van der Waals surface area contributed by atoms with Gasteiger partial charge in [-0.25, -0.2) is 0 Å². The molecular formula is C13H26N2S. The van der Waals surface area contributed by atoms with Crippen molar-refractivity contribution in [2.75, 3.05) is 37.7 Å². The molecule has 1 heterocycles. The molecule has 1 unspecified atom stereocenters. The maximum absolute atomic E-state index is 3.68. The number of likely N-dealkylation sites (tertiary alicyclic amines) is 1. The van der Waals surface area contributed by atoms with E-state index in [4.69, 9.17) is 0 Å². The van der Waals surface area contributed by atoms with Crippen LogP contribution in [0, 0.1) is 5.92 Å². The van der Waals surface area contributed by atoms with Crippen LogP contribution in [0.5, 0.6) is 0 Å². The molecule has 0 amide bonds. The van der Waals surface area contributed by atoms with Crippen molar-refractivity contribution in [2.24, 2.45) is 5.92 Å². The summed E-state index contributed by atoms with van der Waals surface area (Å²) in [6.45, 7) is 7.50. The lowest BCUT2D eigenvalue weighted by Gasteiger charge is -2.32. The third-order valence-electron chi connectivity index (χ3n) is 3.63. The molecule has 0 aromatic heterocycles. The number of nitrogens with zero attached hydrogens (tertiary/aromatic N) is 1. The summed E-state index contributed by atoms with van der Waals surface area (Å²) in [4.78, 5) is 2.67. The highest BCUT2D eigenvalue weighted by Gasteiger charge is 2.24. The molecule has 1 aliphatic heterocycles. The van der Waals surface area contributed by atoms with E-state index in [-0.39, 0.29) is 0 Å². The van der Waals surface area contributed by atoms with Crippen molar-refractivity contribution in [2.45, 2.75) is 38.6 Å². The second-order valence-electron chi connectivity index (χ2n) is 5.19. The highest BCUT2D eigenvalue weighted by Crippen LogP contribution is 2.21. The summed E-state index contributed by atoms with van der Waals surface area (Å²) in [5.74, 6) is 3.50. The lowest BCUT2D eigenvalue weighted by molar-refractivity contribution is 0.181. The fourth-order valence-corrected chi connectivity index (χ4v) is 3.16. The number of nitrogens with one attached hydrogen (secondary N) is 1. The second kappa shape index (κ2) is 6.87. The van der Waals surface area contributed by atoms with Gasteiger partial charge in [0.15, 0.2) is 0 Å². The first-order valence-electron chi connectivity index (χ1n) is 6.92. The Bertz CT molecular complexity index is 194. The van der Waals surface area contributed by atoms with Crippen molar-refractivity contribution >= 4 is 11.8 Å². The van der Waals surface area contributed by atoms with Crippen LogP contribution in [-0.2, 0) is 0 Å². The molecule has 94 valence electrons. The summed E-state index contributed by atoms with van der Waals surface area (Å²) in [5.41, 5.74) is 0. The summed E-state index contributed by atoms with van der Waals surface area (Å²) in [7, 11) is 0. The molecule has 2 fully saturated rings. The number of rotatable bonds is 7. The molecule has 1 atom stereocenters. The van der Waals surface area contributed by atoms with Gasteiger partial charge < -0.3 is 10.2 Å². The van der Waals surface area contributed by atoms with Crippen LogP contribution in [0.25, 0.3) is 0 Å². The second-order valence-corrected chi connectivity index (χ2v) is 6.58. The average Bonchev–Trinajstić information content (AvgIpc) is 3.11. The van der Waals surface area contributed by atoms with Crippen LogP contribution < -0.4 is 5.32 Å². The molecule has 0 radical (unpaired) electrons. The Kier molecular flexibility index (Phi) is 5.46. The Morgan fingerprint density at radius 1 is 1.31 bits per heavy atom. The van der Waals surface area contributed by atoms with E-state index in [9.17, 15) is 0 Å². The maximum atomic E-state index is 3.68. The van der Waals surface area contributed by atoms with Crippen LogP contribution in [-0.4, -0.2) is 48.6 Å². The molecular weight excluding hydrogens is 216 g/mol. The fourth-order valence-electron chi connectivity index (χ4n) is 2.48. The lowest BCUT2D eigenvalue weighted by Crippen LogP contribution is -2.41. The fraction of sp³-hybridized carbons (Fsp3) is 1.00. The van der Waals surface area contributed by atoms with Crippen LogP contribution in [0.15, 0.2) is 0 Å². The Balaban J connectivity index is 1.58. The van der Waals surface area contributed by atoms with E-state index >= 15 is 0 Å². The molecule has 1 saturated carbocycles. The van der Waals surface area contributed by atoms with Gasteiger partial charge >= 0.3 is 0 Å². The van der Waals surface area contributed by atoms with Crippen LogP contribution in [0.4, 0.5) is 0 Å². The first kappa shape index (κ1) is 12.7. The Labute approximate surface area is 105 Å². The normalized spacial score (nSPS) is 27.2. The highest BCUT2D eigenvalue weighted by molar-refractivity contribution is 7.99.